The molecule has 0 unspecified atom stereocenters. The molecule has 0 saturated carbocycles. The van der Waals surface area contributed by atoms with Crippen molar-refractivity contribution in [2.24, 2.45) is 0 Å². The topological polar surface area (TPSA) is 62.3 Å². The smallest absolute Gasteiger partial charge is 0.243 e. The fraction of sp³-hybridized carbons (Fsp3) is 0.214. The number of sulfonamides is 1. The lowest BCUT2D eigenvalue weighted by Crippen LogP contribution is -2.24. The van der Waals surface area contributed by atoms with E-state index in [4.69, 9.17) is 0 Å². The lowest BCUT2D eigenvalue weighted by atomic mass is 10.2. The molecule has 0 spiro atoms. The Morgan fingerprint density at radius 2 is 1.91 bits per heavy atom. The molecule has 0 radical (unpaired) electrons. The third-order valence-electron chi connectivity index (χ3n) is 2.92. The average molecular weight is 327 g/mol. The second-order valence-corrected chi connectivity index (χ2v) is 6.55. The van der Waals surface area contributed by atoms with Crippen LogP contribution in [0, 0.1) is 11.6 Å². The van der Waals surface area contributed by atoms with Crippen LogP contribution in [-0.4, -0.2) is 27.5 Å². The van der Waals surface area contributed by atoms with Crippen molar-refractivity contribution in [2.45, 2.75) is 11.4 Å². The van der Waals surface area contributed by atoms with Crippen LogP contribution in [0.4, 0.5) is 14.6 Å². The number of hydrogen-bond donors (Lipinski definition) is 1. The van der Waals surface area contributed by atoms with Crippen LogP contribution in [0.15, 0.2) is 41.4 Å². The first-order valence-electron chi connectivity index (χ1n) is 6.36. The number of aromatic nitrogens is 1. The summed E-state index contributed by atoms with van der Waals surface area (Å²) in [6, 6.07) is 5.62. The molecule has 0 atom stereocenters. The summed E-state index contributed by atoms with van der Waals surface area (Å²) >= 11 is 0. The minimum absolute atomic E-state index is 0.0539. The van der Waals surface area contributed by atoms with Gasteiger partial charge in [-0.3, -0.25) is 0 Å². The number of anilines is 1. The Bertz CT molecular complexity index is 779. The summed E-state index contributed by atoms with van der Waals surface area (Å²) in [5.74, 6) is -1.16. The number of halogens is 2. The Labute approximate surface area is 127 Å². The quantitative estimate of drug-likeness (QED) is 0.911. The highest BCUT2D eigenvalue weighted by Gasteiger charge is 2.19. The van der Waals surface area contributed by atoms with Gasteiger partial charge in [0.1, 0.15) is 22.3 Å². The van der Waals surface area contributed by atoms with Gasteiger partial charge in [-0.15, -0.1) is 0 Å². The van der Waals surface area contributed by atoms with Crippen LogP contribution < -0.4 is 9.62 Å². The molecule has 0 aliphatic rings. The molecule has 1 N–H and O–H groups in total. The lowest BCUT2D eigenvalue weighted by Gasteiger charge is -2.13. The predicted molar refractivity (Wildman–Crippen MR) is 78.9 cm³/mol. The molecule has 0 aliphatic heterocycles. The Kier molecular flexibility index (Phi) is 4.72. The van der Waals surface area contributed by atoms with E-state index in [1.165, 1.54) is 0 Å². The molecule has 118 valence electrons. The van der Waals surface area contributed by atoms with Gasteiger partial charge in [-0.1, -0.05) is 0 Å². The van der Waals surface area contributed by atoms with Crippen LogP contribution in [0.3, 0.4) is 0 Å². The summed E-state index contributed by atoms with van der Waals surface area (Å²) in [5.41, 5.74) is 0.652. The third-order valence-corrected chi connectivity index (χ3v) is 4.33. The van der Waals surface area contributed by atoms with E-state index in [-0.39, 0.29) is 6.54 Å². The van der Waals surface area contributed by atoms with Crippen LogP contribution in [0.1, 0.15) is 5.56 Å². The summed E-state index contributed by atoms with van der Waals surface area (Å²) in [5, 5.41) is 0. The maximum absolute atomic E-state index is 13.6. The van der Waals surface area contributed by atoms with Crippen LogP contribution in [-0.2, 0) is 16.6 Å². The SMILES string of the molecule is CN(C)c1cc(CNS(=O)(=O)c2cc(F)ccc2F)ccn1. The van der Waals surface area contributed by atoms with E-state index >= 15 is 0 Å². The molecule has 8 heteroatoms. The fourth-order valence-electron chi connectivity index (χ4n) is 1.75. The van der Waals surface area contributed by atoms with Gasteiger partial charge in [0.2, 0.25) is 10.0 Å². The molecule has 0 amide bonds. The number of nitrogens with zero attached hydrogens (tertiary/aromatic N) is 2. The molecule has 0 aliphatic carbocycles. The number of nitrogens with one attached hydrogen (secondary N) is 1. The standard InChI is InChI=1S/C14H15F2N3O2S/c1-19(2)14-7-10(5-6-17-14)9-18-22(20,21)13-8-11(15)3-4-12(13)16/h3-8,18H,9H2,1-2H3. The zero-order valence-corrected chi connectivity index (χ0v) is 12.9. The minimum Gasteiger partial charge on any atom is -0.363 e. The van der Waals surface area contributed by atoms with Crippen LogP contribution in [0.2, 0.25) is 0 Å². The number of pyridine rings is 1. The molecule has 1 aromatic heterocycles. The summed E-state index contributed by atoms with van der Waals surface area (Å²) in [4.78, 5) is 5.16. The maximum Gasteiger partial charge on any atom is 0.243 e. The molecule has 5 nitrogen and oxygen atoms in total. The van der Waals surface area contributed by atoms with Gasteiger partial charge >= 0.3 is 0 Å². The van der Waals surface area contributed by atoms with Crippen molar-refractivity contribution in [3.63, 3.8) is 0 Å². The second kappa shape index (κ2) is 6.37. The van der Waals surface area contributed by atoms with Crippen LogP contribution in [0.5, 0.6) is 0 Å². The normalized spacial score (nSPS) is 11.5. The van der Waals surface area contributed by atoms with Crippen molar-refractivity contribution in [3.05, 3.63) is 53.7 Å². The van der Waals surface area contributed by atoms with E-state index in [9.17, 15) is 17.2 Å². The van der Waals surface area contributed by atoms with E-state index in [1.807, 2.05) is 0 Å². The minimum atomic E-state index is -4.14. The number of rotatable bonds is 5. The van der Waals surface area contributed by atoms with Gasteiger partial charge in [0.05, 0.1) is 0 Å². The Balaban J connectivity index is 2.20. The summed E-state index contributed by atoms with van der Waals surface area (Å²) in [7, 11) is -0.536. The zero-order chi connectivity index (χ0) is 16.3. The second-order valence-electron chi connectivity index (χ2n) is 4.82. The molecular formula is C14H15F2N3O2S. The number of hydrogen-bond acceptors (Lipinski definition) is 4. The van der Waals surface area contributed by atoms with E-state index in [0.29, 0.717) is 17.4 Å². The summed E-state index contributed by atoms with van der Waals surface area (Å²) < 4.78 is 53.0. The van der Waals surface area contributed by atoms with Gasteiger partial charge in [-0.25, -0.2) is 26.9 Å². The highest BCUT2D eigenvalue weighted by atomic mass is 32.2. The first-order chi connectivity index (χ1) is 10.3. The predicted octanol–water partition coefficient (Wildman–Crippen LogP) is 1.90. The Hall–Kier alpha value is -2.06. The lowest BCUT2D eigenvalue weighted by molar-refractivity contribution is 0.545. The third kappa shape index (κ3) is 3.77. The Morgan fingerprint density at radius 1 is 1.18 bits per heavy atom. The molecule has 1 aromatic carbocycles. The van der Waals surface area contributed by atoms with Gasteiger partial charge in [-0.05, 0) is 35.9 Å². The highest BCUT2D eigenvalue weighted by molar-refractivity contribution is 7.89. The molecule has 2 rings (SSSR count). The van der Waals surface area contributed by atoms with Crippen molar-refractivity contribution < 1.29 is 17.2 Å². The van der Waals surface area contributed by atoms with Gasteiger partial charge in [0.15, 0.2) is 0 Å². The van der Waals surface area contributed by atoms with Crippen LogP contribution >= 0.6 is 0 Å². The largest absolute Gasteiger partial charge is 0.363 e. The van der Waals surface area contributed by atoms with Crippen molar-refractivity contribution in [1.82, 2.24) is 9.71 Å². The van der Waals surface area contributed by atoms with Crippen molar-refractivity contribution in [2.75, 3.05) is 19.0 Å². The van der Waals surface area contributed by atoms with Gasteiger partial charge < -0.3 is 4.90 Å². The first-order valence-corrected chi connectivity index (χ1v) is 7.85. The molecule has 1 heterocycles. The van der Waals surface area contributed by atoms with Crippen molar-refractivity contribution in [3.8, 4) is 0 Å². The molecule has 0 bridgehead atoms. The maximum atomic E-state index is 13.6. The molecule has 0 fully saturated rings. The molecule has 22 heavy (non-hydrogen) atoms. The van der Waals surface area contributed by atoms with Gasteiger partial charge in [-0.2, -0.15) is 0 Å². The van der Waals surface area contributed by atoms with Crippen molar-refractivity contribution in [1.29, 1.82) is 0 Å². The summed E-state index contributed by atoms with van der Waals surface area (Å²) in [6.07, 6.45) is 1.54. The Morgan fingerprint density at radius 3 is 2.59 bits per heavy atom. The first kappa shape index (κ1) is 16.3. The molecule has 2 aromatic rings. The molecular weight excluding hydrogens is 312 g/mol. The highest BCUT2D eigenvalue weighted by Crippen LogP contribution is 2.16. The summed E-state index contributed by atoms with van der Waals surface area (Å²) in [6.45, 7) is -0.0539. The monoisotopic (exact) mass is 327 g/mol. The fourth-order valence-corrected chi connectivity index (χ4v) is 2.86. The van der Waals surface area contributed by atoms with Gasteiger partial charge in [0.25, 0.3) is 0 Å². The zero-order valence-electron chi connectivity index (χ0n) is 12.0. The van der Waals surface area contributed by atoms with E-state index in [0.717, 1.165) is 12.1 Å². The average Bonchev–Trinajstić information content (AvgIpc) is 2.48. The van der Waals surface area contributed by atoms with Gasteiger partial charge in [0, 0.05) is 26.8 Å². The van der Waals surface area contributed by atoms with Crippen LogP contribution in [0.25, 0.3) is 0 Å². The number of benzene rings is 1. The van der Waals surface area contributed by atoms with E-state index < -0.39 is 26.6 Å². The van der Waals surface area contributed by atoms with Crippen molar-refractivity contribution >= 4 is 15.8 Å². The van der Waals surface area contributed by atoms with E-state index in [2.05, 4.69) is 9.71 Å². The molecule has 0 saturated heterocycles. The van der Waals surface area contributed by atoms with E-state index in [1.54, 1.807) is 37.3 Å².